The summed E-state index contributed by atoms with van der Waals surface area (Å²) in [6.07, 6.45) is 1.22. The summed E-state index contributed by atoms with van der Waals surface area (Å²) >= 11 is 0. The summed E-state index contributed by atoms with van der Waals surface area (Å²) in [6.45, 7) is 10.6. The van der Waals surface area contributed by atoms with Crippen molar-refractivity contribution in [3.63, 3.8) is 0 Å². The van der Waals surface area contributed by atoms with Crippen LogP contribution in [0.25, 0.3) is 0 Å². The summed E-state index contributed by atoms with van der Waals surface area (Å²) in [7, 11) is 0. The lowest BCUT2D eigenvalue weighted by atomic mass is 9.88. The summed E-state index contributed by atoms with van der Waals surface area (Å²) in [5.41, 5.74) is 5.64. The molecule has 2 aromatic rings. The maximum atomic E-state index is 4.09. The summed E-state index contributed by atoms with van der Waals surface area (Å²) in [5.74, 6) is 1.33. The molecule has 3 rings (SSSR count). The molecule has 104 valence electrons. The zero-order chi connectivity index (χ0) is 14.5. The standard InChI is InChI=1S/C13H16.C7H8/c1-9(2)13-10(3)8-11-6-4-5-7-12(11)13;1-7-5-3-2-4-6-7/h4-7,10,13H,1,8H2,2-3H3;2-6H,1H3. The van der Waals surface area contributed by atoms with Crippen LogP contribution in [0.3, 0.4) is 0 Å². The average Bonchev–Trinajstić information content (AvgIpc) is 2.76. The van der Waals surface area contributed by atoms with Gasteiger partial charge in [-0.25, -0.2) is 0 Å². The van der Waals surface area contributed by atoms with Gasteiger partial charge in [-0.3, -0.25) is 0 Å². The molecule has 0 fully saturated rings. The Morgan fingerprint density at radius 3 is 2.15 bits per heavy atom. The number of allylic oxidation sites excluding steroid dienone is 1. The molecule has 1 aliphatic carbocycles. The van der Waals surface area contributed by atoms with Gasteiger partial charge in [0.05, 0.1) is 0 Å². The molecule has 0 amide bonds. The number of fused-ring (bicyclic) bond motifs is 1. The van der Waals surface area contributed by atoms with Crippen LogP contribution in [0.1, 0.15) is 36.5 Å². The maximum absolute atomic E-state index is 4.09. The van der Waals surface area contributed by atoms with Crippen molar-refractivity contribution in [1.82, 2.24) is 0 Å². The number of rotatable bonds is 1. The molecule has 0 radical (unpaired) electrons. The van der Waals surface area contributed by atoms with Crippen LogP contribution in [0.2, 0.25) is 0 Å². The van der Waals surface area contributed by atoms with E-state index in [-0.39, 0.29) is 0 Å². The molecule has 0 nitrogen and oxygen atoms in total. The molecule has 0 heteroatoms. The summed E-state index contributed by atoms with van der Waals surface area (Å²) < 4.78 is 0. The van der Waals surface area contributed by atoms with E-state index in [4.69, 9.17) is 0 Å². The minimum absolute atomic E-state index is 0.594. The Morgan fingerprint density at radius 1 is 1.00 bits per heavy atom. The van der Waals surface area contributed by atoms with Gasteiger partial charge in [-0.2, -0.15) is 0 Å². The fraction of sp³-hybridized carbons (Fsp3) is 0.300. The third kappa shape index (κ3) is 3.39. The zero-order valence-corrected chi connectivity index (χ0v) is 12.8. The quantitative estimate of drug-likeness (QED) is 0.594. The molecule has 20 heavy (non-hydrogen) atoms. The molecular formula is C20H24. The predicted octanol–water partition coefficient (Wildman–Crippen LogP) is 5.53. The van der Waals surface area contributed by atoms with Gasteiger partial charge < -0.3 is 0 Å². The topological polar surface area (TPSA) is 0 Å². The van der Waals surface area contributed by atoms with E-state index in [2.05, 4.69) is 63.7 Å². The van der Waals surface area contributed by atoms with E-state index in [1.807, 2.05) is 18.2 Å². The van der Waals surface area contributed by atoms with E-state index in [0.29, 0.717) is 5.92 Å². The Hall–Kier alpha value is -1.82. The van der Waals surface area contributed by atoms with E-state index >= 15 is 0 Å². The third-order valence-corrected chi connectivity index (χ3v) is 3.97. The van der Waals surface area contributed by atoms with E-state index in [1.54, 1.807) is 0 Å². The molecule has 0 bridgehead atoms. The Labute approximate surface area is 123 Å². The van der Waals surface area contributed by atoms with Crippen LogP contribution in [-0.4, -0.2) is 0 Å². The van der Waals surface area contributed by atoms with Crippen molar-refractivity contribution in [2.45, 2.75) is 33.1 Å². The van der Waals surface area contributed by atoms with Gasteiger partial charge in [0.15, 0.2) is 0 Å². The lowest BCUT2D eigenvalue weighted by molar-refractivity contribution is 0.551. The van der Waals surface area contributed by atoms with Gasteiger partial charge >= 0.3 is 0 Å². The molecule has 0 aliphatic heterocycles. The second kappa shape index (κ2) is 6.56. The molecule has 2 unspecified atom stereocenters. The van der Waals surface area contributed by atoms with Crippen molar-refractivity contribution in [1.29, 1.82) is 0 Å². The molecule has 2 atom stereocenters. The smallest absolute Gasteiger partial charge is 0.00742 e. The molecule has 1 aliphatic rings. The van der Waals surface area contributed by atoms with Crippen LogP contribution in [0.5, 0.6) is 0 Å². The highest BCUT2D eigenvalue weighted by atomic mass is 14.3. The Morgan fingerprint density at radius 2 is 1.60 bits per heavy atom. The minimum Gasteiger partial charge on any atom is -0.0995 e. The average molecular weight is 264 g/mol. The van der Waals surface area contributed by atoms with E-state index in [1.165, 1.54) is 28.7 Å². The van der Waals surface area contributed by atoms with Gasteiger partial charge in [0.1, 0.15) is 0 Å². The Bertz CT molecular complexity index is 566. The van der Waals surface area contributed by atoms with Crippen molar-refractivity contribution >= 4 is 0 Å². The molecule has 0 saturated carbocycles. The highest BCUT2D eigenvalue weighted by Gasteiger charge is 2.28. The van der Waals surface area contributed by atoms with Gasteiger partial charge in [-0.15, -0.1) is 0 Å². The van der Waals surface area contributed by atoms with Crippen molar-refractivity contribution in [2.75, 3.05) is 0 Å². The molecular weight excluding hydrogens is 240 g/mol. The molecule has 2 aromatic carbocycles. The van der Waals surface area contributed by atoms with Crippen LogP contribution in [0, 0.1) is 12.8 Å². The zero-order valence-electron chi connectivity index (χ0n) is 12.8. The monoisotopic (exact) mass is 264 g/mol. The highest BCUT2D eigenvalue weighted by molar-refractivity contribution is 5.40. The van der Waals surface area contributed by atoms with Crippen LogP contribution >= 0.6 is 0 Å². The lowest BCUT2D eigenvalue weighted by Crippen LogP contribution is -2.03. The largest absolute Gasteiger partial charge is 0.0995 e. The number of hydrogen-bond donors (Lipinski definition) is 0. The van der Waals surface area contributed by atoms with E-state index in [0.717, 1.165) is 5.92 Å². The Kier molecular flexibility index (Phi) is 4.79. The van der Waals surface area contributed by atoms with Gasteiger partial charge in [0.2, 0.25) is 0 Å². The minimum atomic E-state index is 0.594. The fourth-order valence-electron chi connectivity index (χ4n) is 3.08. The Balaban J connectivity index is 0.000000178. The van der Waals surface area contributed by atoms with Crippen molar-refractivity contribution in [3.05, 3.63) is 83.4 Å². The number of aryl methyl sites for hydroxylation is 1. The van der Waals surface area contributed by atoms with Gasteiger partial charge in [0.25, 0.3) is 0 Å². The van der Waals surface area contributed by atoms with Crippen molar-refractivity contribution in [2.24, 2.45) is 5.92 Å². The first-order valence-electron chi connectivity index (χ1n) is 7.34. The SMILES string of the molecule is C=C(C)C1c2ccccc2CC1C.Cc1ccccc1. The predicted molar refractivity (Wildman–Crippen MR) is 88.0 cm³/mol. The van der Waals surface area contributed by atoms with Crippen LogP contribution in [0.15, 0.2) is 66.7 Å². The third-order valence-electron chi connectivity index (χ3n) is 3.97. The first-order valence-corrected chi connectivity index (χ1v) is 7.34. The van der Waals surface area contributed by atoms with Gasteiger partial charge in [-0.05, 0) is 37.3 Å². The summed E-state index contributed by atoms with van der Waals surface area (Å²) in [6, 6.07) is 19.0. The second-order valence-corrected chi connectivity index (χ2v) is 5.86. The van der Waals surface area contributed by atoms with Crippen LogP contribution < -0.4 is 0 Å². The number of benzene rings is 2. The second-order valence-electron chi connectivity index (χ2n) is 5.86. The van der Waals surface area contributed by atoms with Crippen LogP contribution in [0.4, 0.5) is 0 Å². The van der Waals surface area contributed by atoms with Crippen molar-refractivity contribution in [3.8, 4) is 0 Å². The van der Waals surface area contributed by atoms with Gasteiger partial charge in [0, 0.05) is 5.92 Å². The van der Waals surface area contributed by atoms with E-state index < -0.39 is 0 Å². The number of hydrogen-bond acceptors (Lipinski definition) is 0. The first-order chi connectivity index (χ1) is 9.59. The summed E-state index contributed by atoms with van der Waals surface area (Å²) in [5, 5.41) is 0. The normalized spacial score (nSPS) is 19.8. The highest BCUT2D eigenvalue weighted by Crippen LogP contribution is 2.41. The van der Waals surface area contributed by atoms with Crippen LogP contribution in [-0.2, 0) is 6.42 Å². The molecule has 0 spiro atoms. The van der Waals surface area contributed by atoms with E-state index in [9.17, 15) is 0 Å². The summed E-state index contributed by atoms with van der Waals surface area (Å²) in [4.78, 5) is 0. The first kappa shape index (κ1) is 14.6. The van der Waals surface area contributed by atoms with Gasteiger partial charge in [-0.1, -0.05) is 79.2 Å². The molecule has 0 saturated heterocycles. The fourth-order valence-corrected chi connectivity index (χ4v) is 3.08. The molecule has 0 aromatic heterocycles. The lowest BCUT2D eigenvalue weighted by Gasteiger charge is -2.16. The molecule has 0 N–H and O–H groups in total. The van der Waals surface area contributed by atoms with Crippen molar-refractivity contribution < 1.29 is 0 Å². The maximum Gasteiger partial charge on any atom is 0.00742 e. The molecule has 0 heterocycles.